The number of rotatable bonds is 2. The van der Waals surface area contributed by atoms with Crippen molar-refractivity contribution in [2.75, 3.05) is 5.75 Å². The van der Waals surface area contributed by atoms with Crippen molar-refractivity contribution < 1.29 is 30.4 Å². The van der Waals surface area contributed by atoms with Crippen LogP contribution in [0.3, 0.4) is 0 Å². The summed E-state index contributed by atoms with van der Waals surface area (Å²) in [6, 6.07) is 1.85. The van der Waals surface area contributed by atoms with Gasteiger partial charge in [0.05, 0.1) is 16.2 Å². The van der Waals surface area contributed by atoms with Gasteiger partial charge in [-0.05, 0) is 19.1 Å². The smallest absolute Gasteiger partial charge is 0.353 e. The van der Waals surface area contributed by atoms with Crippen molar-refractivity contribution in [2.24, 2.45) is 7.05 Å². The van der Waals surface area contributed by atoms with E-state index in [4.69, 9.17) is 0 Å². The predicted octanol–water partition coefficient (Wildman–Crippen LogP) is 0.704. The van der Waals surface area contributed by atoms with E-state index in [0.717, 1.165) is 11.8 Å². The molecule has 0 aliphatic carbocycles. The summed E-state index contributed by atoms with van der Waals surface area (Å²) in [6.45, 7) is 7.17. The zero-order valence-corrected chi connectivity index (χ0v) is 15.8. The summed E-state index contributed by atoms with van der Waals surface area (Å²) in [7, 11) is -2.24. The second kappa shape index (κ2) is 6.22. The molecule has 2 aromatic rings. The Bertz CT molecular complexity index is 1220. The molecular formula is C17H19F3N4O2S+2. The molecule has 0 saturated heterocycles. The summed E-state index contributed by atoms with van der Waals surface area (Å²) in [6.07, 6.45) is -1.44. The second-order valence-corrected chi connectivity index (χ2v) is 8.53. The van der Waals surface area contributed by atoms with Crippen LogP contribution in [0.5, 0.6) is 0 Å². The van der Waals surface area contributed by atoms with Gasteiger partial charge < -0.3 is 5.32 Å². The minimum Gasteiger partial charge on any atom is -0.353 e. The zero-order chi connectivity index (χ0) is 20.1. The van der Waals surface area contributed by atoms with Crippen LogP contribution in [0.1, 0.15) is 12.5 Å². The third-order valence-electron chi connectivity index (χ3n) is 4.33. The molecule has 1 aliphatic rings. The minimum atomic E-state index is -4.66. The number of halogens is 3. The lowest BCUT2D eigenvalue weighted by Gasteiger charge is -2.18. The van der Waals surface area contributed by atoms with Crippen LogP contribution in [0, 0.1) is 13.6 Å². The average molecular weight is 400 g/mol. The van der Waals surface area contributed by atoms with Crippen LogP contribution in [0.2, 0.25) is 0 Å². The number of nitrogens with zero attached hydrogens (tertiary/aromatic N) is 2. The summed E-state index contributed by atoms with van der Waals surface area (Å²) >= 11 is 0. The summed E-state index contributed by atoms with van der Waals surface area (Å²) in [5.74, 6) is -0.326. The first-order valence-corrected chi connectivity index (χ1v) is 9.72. The number of hydrogen-bond donors (Lipinski definition) is 2. The molecule has 27 heavy (non-hydrogen) atoms. The number of aromatic amines is 1. The molecule has 6 nitrogen and oxygen atoms in total. The third-order valence-corrected chi connectivity index (χ3v) is 6.09. The van der Waals surface area contributed by atoms with Crippen LogP contribution in [-0.4, -0.2) is 25.3 Å². The molecule has 0 atom stereocenters. The van der Waals surface area contributed by atoms with E-state index in [9.17, 15) is 21.6 Å². The van der Waals surface area contributed by atoms with Gasteiger partial charge in [-0.25, -0.2) is 8.42 Å². The highest BCUT2D eigenvalue weighted by molar-refractivity contribution is 7.95. The first-order chi connectivity index (χ1) is 12.5. The molecule has 0 radical (unpaired) electrons. The maximum atomic E-state index is 13.1. The van der Waals surface area contributed by atoms with Gasteiger partial charge in [-0.1, -0.05) is 6.92 Å². The Morgan fingerprint density at radius 2 is 1.96 bits per heavy atom. The number of imidazole rings is 1. The fourth-order valence-electron chi connectivity index (χ4n) is 3.03. The number of aromatic nitrogens is 3. The summed E-state index contributed by atoms with van der Waals surface area (Å²) in [5.41, 5.74) is 1.58. The lowest BCUT2D eigenvalue weighted by molar-refractivity contribution is -0.709. The van der Waals surface area contributed by atoms with E-state index in [1.165, 1.54) is 6.92 Å². The SMILES string of the molecule is C=[n+]1cc(C)cc2[nH]c(=C3NC=C(C(F)(F)F)C=C3S(=O)(=O)CC)[n+](C)c21. The molecule has 2 aromatic heterocycles. The van der Waals surface area contributed by atoms with Crippen molar-refractivity contribution in [3.05, 3.63) is 52.8 Å². The normalized spacial score (nSPS) is 17.6. The fourth-order valence-corrected chi connectivity index (χ4v) is 4.11. The number of nitrogens with one attached hydrogen (secondary N) is 2. The Labute approximate surface area is 153 Å². The molecule has 0 saturated carbocycles. The molecule has 10 heteroatoms. The van der Waals surface area contributed by atoms with Gasteiger partial charge in [0.15, 0.2) is 21.6 Å². The lowest BCUT2D eigenvalue weighted by Crippen LogP contribution is -2.51. The molecule has 0 fully saturated rings. The highest BCUT2D eigenvalue weighted by atomic mass is 32.2. The average Bonchev–Trinajstić information content (AvgIpc) is 2.90. The number of sulfone groups is 1. The topological polar surface area (TPSA) is 71.7 Å². The van der Waals surface area contributed by atoms with Gasteiger partial charge in [0.1, 0.15) is 19.5 Å². The maximum Gasteiger partial charge on any atom is 0.474 e. The van der Waals surface area contributed by atoms with E-state index in [-0.39, 0.29) is 11.4 Å². The second-order valence-electron chi connectivity index (χ2n) is 6.29. The van der Waals surface area contributed by atoms with Gasteiger partial charge in [0.2, 0.25) is 0 Å². The minimum absolute atomic E-state index is 0.0567. The van der Waals surface area contributed by atoms with E-state index >= 15 is 0 Å². The largest absolute Gasteiger partial charge is 0.474 e. The van der Waals surface area contributed by atoms with E-state index in [1.54, 1.807) is 22.1 Å². The monoisotopic (exact) mass is 400 g/mol. The van der Waals surface area contributed by atoms with Gasteiger partial charge >= 0.3 is 17.3 Å². The molecule has 0 aromatic carbocycles. The van der Waals surface area contributed by atoms with Gasteiger partial charge in [-0.15, -0.1) is 8.81 Å². The third kappa shape index (κ3) is 3.25. The van der Waals surface area contributed by atoms with Crippen molar-refractivity contribution in [3.8, 4) is 0 Å². The number of alkyl halides is 3. The van der Waals surface area contributed by atoms with Crippen LogP contribution in [0.25, 0.3) is 16.9 Å². The molecule has 0 amide bonds. The summed E-state index contributed by atoms with van der Waals surface area (Å²) in [4.78, 5) is 2.67. The number of pyridine rings is 1. The van der Waals surface area contributed by atoms with Crippen molar-refractivity contribution in [1.29, 1.82) is 0 Å². The molecular weight excluding hydrogens is 381 g/mol. The van der Waals surface area contributed by atoms with Crippen LogP contribution in [0.4, 0.5) is 13.2 Å². The molecule has 144 valence electrons. The number of H-pyrrole nitrogens is 1. The van der Waals surface area contributed by atoms with Gasteiger partial charge in [-0.2, -0.15) is 13.2 Å². The van der Waals surface area contributed by atoms with Crippen LogP contribution in [-0.2, 0) is 16.9 Å². The Kier molecular flexibility index (Phi) is 4.41. The standard InChI is InChI=1S/C17H19F3N4O2S/c1-5-27(25,26)13-7-11(17(18,19)20)8-21-14(13)15-22-12-6-10(2)9-23(3)16(12)24(15)4/h6-9,21-22H,3,5H2,1-2,4H3/q+2. The van der Waals surface area contributed by atoms with E-state index < -0.39 is 26.5 Å². The van der Waals surface area contributed by atoms with E-state index in [0.29, 0.717) is 22.7 Å². The Balaban J connectivity index is 2.40. The molecule has 2 N–H and O–H groups in total. The fraction of sp³-hybridized carbons (Fsp3) is 0.294. The van der Waals surface area contributed by atoms with Crippen molar-refractivity contribution >= 4 is 26.7 Å². The number of fused-ring (bicyclic) bond motifs is 1. The molecule has 3 heterocycles. The first kappa shape index (κ1) is 19.2. The molecule has 3 rings (SSSR count). The number of hydrogen-bond acceptors (Lipinski definition) is 3. The van der Waals surface area contributed by atoms with Crippen molar-refractivity contribution in [3.63, 3.8) is 0 Å². The Morgan fingerprint density at radius 1 is 1.30 bits per heavy atom. The Hall–Kier alpha value is -2.62. The summed E-state index contributed by atoms with van der Waals surface area (Å²) < 4.78 is 67.5. The molecule has 0 bridgehead atoms. The van der Waals surface area contributed by atoms with Crippen LogP contribution < -0.4 is 19.6 Å². The van der Waals surface area contributed by atoms with Gasteiger partial charge in [-0.3, -0.25) is 4.98 Å². The van der Waals surface area contributed by atoms with Crippen LogP contribution in [0.15, 0.2) is 35.0 Å². The maximum absolute atomic E-state index is 13.1. The van der Waals surface area contributed by atoms with E-state index in [2.05, 4.69) is 17.0 Å². The Morgan fingerprint density at radius 3 is 2.56 bits per heavy atom. The predicted molar refractivity (Wildman–Crippen MR) is 93.0 cm³/mol. The first-order valence-electron chi connectivity index (χ1n) is 8.06. The van der Waals surface area contributed by atoms with Crippen molar-refractivity contribution in [1.82, 2.24) is 10.3 Å². The van der Waals surface area contributed by atoms with Gasteiger partial charge in [0.25, 0.3) is 0 Å². The number of dihydropyridines is 1. The molecule has 1 aliphatic heterocycles. The lowest BCUT2D eigenvalue weighted by atomic mass is 10.2. The highest BCUT2D eigenvalue weighted by Crippen LogP contribution is 2.32. The van der Waals surface area contributed by atoms with Crippen LogP contribution >= 0.6 is 0 Å². The number of allylic oxidation sites excluding steroid dienone is 2. The number of aryl methyl sites for hydroxylation is 2. The summed E-state index contributed by atoms with van der Waals surface area (Å²) in [5, 5.41) is 2.52. The zero-order valence-electron chi connectivity index (χ0n) is 15.0. The van der Waals surface area contributed by atoms with Gasteiger partial charge in [0, 0.05) is 11.8 Å². The van der Waals surface area contributed by atoms with E-state index in [1.807, 2.05) is 13.0 Å². The molecule has 0 unspecified atom stereocenters. The quantitative estimate of drug-likeness (QED) is 0.730. The highest BCUT2D eigenvalue weighted by Gasteiger charge is 2.38. The van der Waals surface area contributed by atoms with Crippen molar-refractivity contribution in [2.45, 2.75) is 20.0 Å². The molecule has 0 spiro atoms.